The van der Waals surface area contributed by atoms with E-state index in [1.807, 2.05) is 0 Å². The number of nitrogens with zero attached hydrogens (tertiary/aromatic N) is 1. The Bertz CT molecular complexity index is 553. The van der Waals surface area contributed by atoms with Crippen LogP contribution in [0.4, 0.5) is 11.4 Å². The van der Waals surface area contributed by atoms with Crippen LogP contribution in [0, 0.1) is 10.1 Å². The lowest BCUT2D eigenvalue weighted by molar-refractivity contribution is -0.383. The van der Waals surface area contributed by atoms with Gasteiger partial charge in [-0.15, -0.1) is 0 Å². The zero-order valence-electron chi connectivity index (χ0n) is 10.3. The van der Waals surface area contributed by atoms with Crippen molar-refractivity contribution in [3.63, 3.8) is 0 Å². The molecule has 0 aliphatic rings. The lowest BCUT2D eigenvalue weighted by Crippen LogP contribution is -2.49. The molecule has 102 valence electrons. The van der Waals surface area contributed by atoms with Crippen LogP contribution in [0.15, 0.2) is 18.2 Å². The maximum absolute atomic E-state index is 11.9. The van der Waals surface area contributed by atoms with Crippen LogP contribution in [0.25, 0.3) is 0 Å². The molecule has 0 radical (unpaired) electrons. The van der Waals surface area contributed by atoms with Crippen LogP contribution in [-0.4, -0.2) is 27.4 Å². The number of carbonyl (C=O) groups is 2. The minimum absolute atomic E-state index is 0.136. The number of carbonyl (C=O) groups excluding carboxylic acids is 1. The van der Waals surface area contributed by atoms with E-state index in [1.165, 1.54) is 26.0 Å². The largest absolute Gasteiger partial charge is 0.480 e. The summed E-state index contributed by atoms with van der Waals surface area (Å²) in [6.45, 7) is 2.58. The molecule has 1 rings (SSSR count). The van der Waals surface area contributed by atoms with E-state index in [2.05, 4.69) is 5.32 Å². The van der Waals surface area contributed by atoms with E-state index >= 15 is 0 Å². The Morgan fingerprint density at radius 3 is 2.47 bits per heavy atom. The number of carboxylic acids is 1. The van der Waals surface area contributed by atoms with Crippen molar-refractivity contribution in [3.8, 4) is 0 Å². The predicted octanol–water partition coefficient (Wildman–Crippen LogP) is 0.770. The number of nitro groups is 1. The number of nitrogen functional groups attached to an aromatic ring is 1. The van der Waals surface area contributed by atoms with Gasteiger partial charge in [-0.1, -0.05) is 6.07 Å². The van der Waals surface area contributed by atoms with E-state index in [4.69, 9.17) is 10.8 Å². The molecule has 0 aliphatic carbocycles. The number of carboxylic acid groups (broad SMARTS) is 1. The van der Waals surface area contributed by atoms with Gasteiger partial charge in [-0.3, -0.25) is 14.9 Å². The second kappa shape index (κ2) is 4.92. The Morgan fingerprint density at radius 1 is 1.42 bits per heavy atom. The SMILES string of the molecule is CC(C)(NC(=O)c1cccc([N+](=O)[O-])c1N)C(=O)O. The molecule has 4 N–H and O–H groups in total. The maximum atomic E-state index is 11.9. The third-order valence-electron chi connectivity index (χ3n) is 2.49. The summed E-state index contributed by atoms with van der Waals surface area (Å²) in [5.41, 5.74) is 3.19. The highest BCUT2D eigenvalue weighted by Crippen LogP contribution is 2.25. The summed E-state index contributed by atoms with van der Waals surface area (Å²) in [7, 11) is 0. The highest BCUT2D eigenvalue weighted by Gasteiger charge is 2.30. The second-order valence-corrected chi connectivity index (χ2v) is 4.38. The van der Waals surface area contributed by atoms with Crippen LogP contribution in [-0.2, 0) is 4.79 Å². The average molecular weight is 267 g/mol. The Hall–Kier alpha value is -2.64. The van der Waals surface area contributed by atoms with Crippen molar-refractivity contribution in [1.82, 2.24) is 5.32 Å². The summed E-state index contributed by atoms with van der Waals surface area (Å²) in [6.07, 6.45) is 0. The Kier molecular flexibility index (Phi) is 3.74. The van der Waals surface area contributed by atoms with Crippen LogP contribution in [0.2, 0.25) is 0 Å². The summed E-state index contributed by atoms with van der Waals surface area (Å²) in [4.78, 5) is 32.8. The van der Waals surface area contributed by atoms with E-state index in [9.17, 15) is 19.7 Å². The number of nitro benzene ring substituents is 1. The molecule has 8 heteroatoms. The molecule has 0 spiro atoms. The molecule has 0 unspecified atom stereocenters. The lowest BCUT2D eigenvalue weighted by atomic mass is 10.0. The van der Waals surface area contributed by atoms with Crippen molar-refractivity contribution in [1.29, 1.82) is 0 Å². The third-order valence-corrected chi connectivity index (χ3v) is 2.49. The van der Waals surface area contributed by atoms with E-state index in [0.29, 0.717) is 0 Å². The number of nitrogens with one attached hydrogen (secondary N) is 1. The number of hydrogen-bond donors (Lipinski definition) is 3. The first-order chi connectivity index (χ1) is 8.66. The Balaban J connectivity index is 3.12. The highest BCUT2D eigenvalue weighted by atomic mass is 16.6. The summed E-state index contributed by atoms with van der Waals surface area (Å²) in [5, 5.41) is 21.8. The molecule has 0 fully saturated rings. The minimum atomic E-state index is -1.51. The van der Waals surface area contributed by atoms with Gasteiger partial charge in [0.25, 0.3) is 11.6 Å². The fourth-order valence-electron chi connectivity index (χ4n) is 1.31. The quantitative estimate of drug-likeness (QED) is 0.418. The van der Waals surface area contributed by atoms with Crippen molar-refractivity contribution in [3.05, 3.63) is 33.9 Å². The number of nitrogens with two attached hydrogens (primary N) is 1. The Morgan fingerprint density at radius 2 is 2.00 bits per heavy atom. The highest BCUT2D eigenvalue weighted by molar-refractivity contribution is 6.03. The van der Waals surface area contributed by atoms with Crippen LogP contribution in [0.1, 0.15) is 24.2 Å². The molecule has 19 heavy (non-hydrogen) atoms. The first-order valence-electron chi connectivity index (χ1n) is 5.25. The molecule has 0 aromatic heterocycles. The first-order valence-corrected chi connectivity index (χ1v) is 5.25. The van der Waals surface area contributed by atoms with Gasteiger partial charge in [0.15, 0.2) is 0 Å². The van der Waals surface area contributed by atoms with Gasteiger partial charge >= 0.3 is 5.97 Å². The topological polar surface area (TPSA) is 136 Å². The van der Waals surface area contributed by atoms with E-state index in [0.717, 1.165) is 6.07 Å². The monoisotopic (exact) mass is 267 g/mol. The van der Waals surface area contributed by atoms with Crippen molar-refractivity contribution in [2.24, 2.45) is 0 Å². The van der Waals surface area contributed by atoms with E-state index in [1.54, 1.807) is 0 Å². The molecule has 1 amide bonds. The number of anilines is 1. The summed E-state index contributed by atoms with van der Waals surface area (Å²) in [6, 6.07) is 3.75. The third kappa shape index (κ3) is 2.97. The molecule has 0 heterocycles. The molecule has 1 aromatic carbocycles. The molecular formula is C11H13N3O5. The molecule has 0 atom stereocenters. The fourth-order valence-corrected chi connectivity index (χ4v) is 1.31. The number of para-hydroxylation sites is 1. The van der Waals surface area contributed by atoms with Crippen LogP contribution in [0.5, 0.6) is 0 Å². The van der Waals surface area contributed by atoms with Crippen molar-refractivity contribution < 1.29 is 19.6 Å². The van der Waals surface area contributed by atoms with Gasteiger partial charge in [-0.25, -0.2) is 4.79 Å². The first kappa shape index (κ1) is 14.4. The smallest absolute Gasteiger partial charge is 0.328 e. The Labute approximate surface area is 108 Å². The number of rotatable bonds is 4. The van der Waals surface area contributed by atoms with E-state index < -0.39 is 28.0 Å². The summed E-state index contributed by atoms with van der Waals surface area (Å²) in [5.74, 6) is -2.02. The fraction of sp³-hybridized carbons (Fsp3) is 0.273. The molecule has 8 nitrogen and oxygen atoms in total. The number of aliphatic carboxylic acids is 1. The van der Waals surface area contributed by atoms with Gasteiger partial charge in [0.2, 0.25) is 0 Å². The van der Waals surface area contributed by atoms with Crippen molar-refractivity contribution in [2.75, 3.05) is 5.73 Å². The normalized spacial score (nSPS) is 10.8. The van der Waals surface area contributed by atoms with Gasteiger partial charge in [-0.2, -0.15) is 0 Å². The molecular weight excluding hydrogens is 254 g/mol. The van der Waals surface area contributed by atoms with Gasteiger partial charge in [0.1, 0.15) is 11.2 Å². The zero-order valence-corrected chi connectivity index (χ0v) is 10.3. The molecule has 0 saturated carbocycles. The van der Waals surface area contributed by atoms with Crippen molar-refractivity contribution >= 4 is 23.3 Å². The van der Waals surface area contributed by atoms with Crippen LogP contribution < -0.4 is 11.1 Å². The predicted molar refractivity (Wildman–Crippen MR) is 66.7 cm³/mol. The molecule has 0 bridgehead atoms. The zero-order chi connectivity index (χ0) is 14.8. The molecule has 1 aromatic rings. The number of amides is 1. The van der Waals surface area contributed by atoms with E-state index in [-0.39, 0.29) is 11.3 Å². The van der Waals surface area contributed by atoms with Gasteiger partial charge < -0.3 is 16.2 Å². The van der Waals surface area contributed by atoms with Crippen LogP contribution in [0.3, 0.4) is 0 Å². The average Bonchev–Trinajstić information content (AvgIpc) is 2.27. The van der Waals surface area contributed by atoms with Gasteiger partial charge in [0, 0.05) is 6.07 Å². The van der Waals surface area contributed by atoms with Gasteiger partial charge in [0.05, 0.1) is 10.5 Å². The number of hydrogen-bond acceptors (Lipinski definition) is 5. The van der Waals surface area contributed by atoms with Crippen LogP contribution >= 0.6 is 0 Å². The van der Waals surface area contributed by atoms with Gasteiger partial charge in [-0.05, 0) is 19.9 Å². The summed E-state index contributed by atoms with van der Waals surface area (Å²) < 4.78 is 0. The maximum Gasteiger partial charge on any atom is 0.328 e. The minimum Gasteiger partial charge on any atom is -0.480 e. The summed E-state index contributed by atoms with van der Waals surface area (Å²) >= 11 is 0. The van der Waals surface area contributed by atoms with Crippen molar-refractivity contribution in [2.45, 2.75) is 19.4 Å². The standard InChI is InChI=1S/C11H13N3O5/c1-11(2,10(16)17)13-9(15)6-4-3-5-7(8(6)12)14(18)19/h3-5H,12H2,1-2H3,(H,13,15)(H,16,17). The molecule has 0 aliphatic heterocycles. The molecule has 0 saturated heterocycles. The number of benzene rings is 1. The second-order valence-electron chi connectivity index (χ2n) is 4.38. The lowest BCUT2D eigenvalue weighted by Gasteiger charge is -2.21.